The van der Waals surface area contributed by atoms with Crippen molar-refractivity contribution in [1.29, 1.82) is 0 Å². The number of benzene rings is 1. The minimum atomic E-state index is -0.478. The van der Waals surface area contributed by atoms with Gasteiger partial charge in [-0.05, 0) is 25.0 Å². The van der Waals surface area contributed by atoms with Gasteiger partial charge < -0.3 is 20.9 Å². The highest BCUT2D eigenvalue weighted by atomic mass is 16.2. The molecule has 3 heterocycles. The molecule has 0 atom stereocenters. The number of amides is 2. The lowest BCUT2D eigenvalue weighted by atomic mass is 10.1. The van der Waals surface area contributed by atoms with Crippen molar-refractivity contribution >= 4 is 28.8 Å². The number of likely N-dealkylation sites (tertiary alicyclic amines) is 1. The maximum atomic E-state index is 11.7. The Morgan fingerprint density at radius 1 is 1.25 bits per heavy atom. The van der Waals surface area contributed by atoms with Crippen molar-refractivity contribution in [1.82, 2.24) is 24.8 Å². The summed E-state index contributed by atoms with van der Waals surface area (Å²) in [7, 11) is 0. The smallest absolute Gasteiger partial charge is 0.248 e. The van der Waals surface area contributed by atoms with Crippen LogP contribution in [0.15, 0.2) is 30.6 Å². The second-order valence-electron chi connectivity index (χ2n) is 6.70. The predicted molar refractivity (Wildman–Crippen MR) is 105 cm³/mol. The molecule has 4 N–H and O–H groups in total. The Balaban J connectivity index is 1.50. The van der Waals surface area contributed by atoms with E-state index in [4.69, 9.17) is 5.73 Å². The highest BCUT2D eigenvalue weighted by molar-refractivity contribution is 5.93. The van der Waals surface area contributed by atoms with Crippen molar-refractivity contribution < 1.29 is 9.59 Å². The summed E-state index contributed by atoms with van der Waals surface area (Å²) in [5.74, 6) is 0.922. The van der Waals surface area contributed by atoms with Gasteiger partial charge in [0.25, 0.3) is 0 Å². The number of aromatic nitrogens is 4. The number of nitrogens with one attached hydrogen (secondary N) is 2. The number of fused-ring (bicyclic) bond motifs is 1. The monoisotopic (exact) mass is 379 g/mol. The highest BCUT2D eigenvalue weighted by Gasteiger charge is 2.19. The molecule has 0 bridgehead atoms. The SMILES string of the molecule is NC(=O)c1ccc(-c2nc(NCCCN3CCCC3=O)c3[nH]cnc3n2)cc1. The van der Waals surface area contributed by atoms with Crippen molar-refractivity contribution in [3.05, 3.63) is 36.2 Å². The van der Waals surface area contributed by atoms with E-state index >= 15 is 0 Å². The first-order chi connectivity index (χ1) is 13.6. The summed E-state index contributed by atoms with van der Waals surface area (Å²) in [6, 6.07) is 6.82. The van der Waals surface area contributed by atoms with Crippen LogP contribution < -0.4 is 11.1 Å². The minimum absolute atomic E-state index is 0.236. The molecular weight excluding hydrogens is 358 g/mol. The molecule has 1 saturated heterocycles. The summed E-state index contributed by atoms with van der Waals surface area (Å²) in [5.41, 5.74) is 7.77. The number of nitrogens with zero attached hydrogens (tertiary/aromatic N) is 4. The summed E-state index contributed by atoms with van der Waals surface area (Å²) < 4.78 is 0. The zero-order chi connectivity index (χ0) is 19.5. The van der Waals surface area contributed by atoms with Crippen LogP contribution in [0.5, 0.6) is 0 Å². The summed E-state index contributed by atoms with van der Waals surface area (Å²) in [6.07, 6.45) is 4.01. The van der Waals surface area contributed by atoms with E-state index in [1.165, 1.54) is 0 Å². The Morgan fingerprint density at radius 2 is 2.07 bits per heavy atom. The number of hydrogen-bond acceptors (Lipinski definition) is 6. The van der Waals surface area contributed by atoms with Gasteiger partial charge in [-0.1, -0.05) is 12.1 Å². The lowest BCUT2D eigenvalue weighted by molar-refractivity contribution is -0.127. The van der Waals surface area contributed by atoms with Gasteiger partial charge in [0, 0.05) is 37.2 Å². The van der Waals surface area contributed by atoms with Crippen LogP contribution in [0.25, 0.3) is 22.6 Å². The molecule has 1 fully saturated rings. The van der Waals surface area contributed by atoms with Crippen LogP contribution in [0, 0.1) is 0 Å². The molecular formula is C19H21N7O2. The average molecular weight is 379 g/mol. The number of imidazole rings is 1. The molecule has 1 aliphatic heterocycles. The van der Waals surface area contributed by atoms with Crippen LogP contribution in [0.2, 0.25) is 0 Å². The third-order valence-corrected chi connectivity index (χ3v) is 4.78. The molecule has 3 aromatic rings. The Hall–Kier alpha value is -3.49. The largest absolute Gasteiger partial charge is 0.368 e. The number of hydrogen-bond donors (Lipinski definition) is 3. The summed E-state index contributed by atoms with van der Waals surface area (Å²) in [5, 5.41) is 3.32. The number of carbonyl (C=O) groups is 2. The fourth-order valence-electron chi connectivity index (χ4n) is 3.29. The highest BCUT2D eigenvalue weighted by Crippen LogP contribution is 2.23. The van der Waals surface area contributed by atoms with Crippen molar-refractivity contribution in [2.45, 2.75) is 19.3 Å². The van der Waals surface area contributed by atoms with Gasteiger partial charge in [0.1, 0.15) is 5.52 Å². The van der Waals surface area contributed by atoms with Crippen LogP contribution in [0.4, 0.5) is 5.82 Å². The molecule has 9 nitrogen and oxygen atoms in total. The topological polar surface area (TPSA) is 130 Å². The van der Waals surface area contributed by atoms with Crippen molar-refractivity contribution in [3.63, 3.8) is 0 Å². The third kappa shape index (κ3) is 3.64. The van der Waals surface area contributed by atoms with Crippen molar-refractivity contribution in [2.24, 2.45) is 5.73 Å². The zero-order valence-corrected chi connectivity index (χ0v) is 15.3. The van der Waals surface area contributed by atoms with Crippen LogP contribution in [-0.4, -0.2) is 56.3 Å². The van der Waals surface area contributed by atoms with Crippen LogP contribution in [0.1, 0.15) is 29.6 Å². The van der Waals surface area contributed by atoms with Gasteiger partial charge in [0.15, 0.2) is 17.3 Å². The molecule has 1 aliphatic rings. The number of anilines is 1. The fourth-order valence-corrected chi connectivity index (χ4v) is 3.29. The quantitative estimate of drug-likeness (QED) is 0.534. The number of aromatic amines is 1. The Bertz CT molecular complexity index is 1010. The molecule has 9 heteroatoms. The maximum absolute atomic E-state index is 11.7. The van der Waals surface area contributed by atoms with E-state index in [0.29, 0.717) is 35.8 Å². The van der Waals surface area contributed by atoms with E-state index in [0.717, 1.165) is 37.0 Å². The first-order valence-corrected chi connectivity index (χ1v) is 9.25. The van der Waals surface area contributed by atoms with Crippen LogP contribution in [0.3, 0.4) is 0 Å². The fraction of sp³-hybridized carbons (Fsp3) is 0.316. The second kappa shape index (κ2) is 7.63. The van der Waals surface area contributed by atoms with E-state index in [2.05, 4.69) is 25.3 Å². The first-order valence-electron chi connectivity index (χ1n) is 9.25. The molecule has 1 aromatic carbocycles. The average Bonchev–Trinajstić information content (AvgIpc) is 3.34. The van der Waals surface area contributed by atoms with E-state index in [1.807, 2.05) is 4.90 Å². The number of H-pyrrole nitrogens is 1. The predicted octanol–water partition coefficient (Wildman–Crippen LogP) is 1.54. The molecule has 2 amide bonds. The van der Waals surface area contributed by atoms with Gasteiger partial charge in [-0.25, -0.2) is 15.0 Å². The van der Waals surface area contributed by atoms with Gasteiger partial charge in [-0.15, -0.1) is 0 Å². The molecule has 0 radical (unpaired) electrons. The summed E-state index contributed by atoms with van der Waals surface area (Å²) in [4.78, 5) is 41.2. The second-order valence-corrected chi connectivity index (χ2v) is 6.70. The van der Waals surface area contributed by atoms with E-state index in [9.17, 15) is 9.59 Å². The third-order valence-electron chi connectivity index (χ3n) is 4.78. The molecule has 144 valence electrons. The van der Waals surface area contributed by atoms with Gasteiger partial charge >= 0.3 is 0 Å². The number of carbonyl (C=O) groups excluding carboxylic acids is 2. The molecule has 4 rings (SSSR count). The van der Waals surface area contributed by atoms with Crippen LogP contribution in [-0.2, 0) is 4.79 Å². The van der Waals surface area contributed by atoms with Gasteiger partial charge in [0.2, 0.25) is 11.8 Å². The number of primary amides is 1. The molecule has 0 aliphatic carbocycles. The zero-order valence-electron chi connectivity index (χ0n) is 15.3. The first kappa shape index (κ1) is 17.9. The molecule has 0 spiro atoms. The molecule has 28 heavy (non-hydrogen) atoms. The van der Waals surface area contributed by atoms with E-state index in [1.54, 1.807) is 30.6 Å². The minimum Gasteiger partial charge on any atom is -0.368 e. The van der Waals surface area contributed by atoms with Crippen molar-refractivity contribution in [2.75, 3.05) is 25.0 Å². The Labute approximate surface area is 161 Å². The van der Waals surface area contributed by atoms with Gasteiger partial charge in [0.05, 0.1) is 6.33 Å². The number of nitrogens with two attached hydrogens (primary N) is 1. The van der Waals surface area contributed by atoms with Gasteiger partial charge in [-0.3, -0.25) is 9.59 Å². The molecule has 0 unspecified atom stereocenters. The number of rotatable bonds is 7. The van der Waals surface area contributed by atoms with Gasteiger partial charge in [-0.2, -0.15) is 0 Å². The summed E-state index contributed by atoms with van der Waals surface area (Å²) in [6.45, 7) is 2.27. The maximum Gasteiger partial charge on any atom is 0.248 e. The Kier molecular flexibility index (Phi) is 4.88. The van der Waals surface area contributed by atoms with E-state index < -0.39 is 5.91 Å². The lowest BCUT2D eigenvalue weighted by Crippen LogP contribution is -2.27. The van der Waals surface area contributed by atoms with E-state index in [-0.39, 0.29) is 5.91 Å². The van der Waals surface area contributed by atoms with Crippen molar-refractivity contribution in [3.8, 4) is 11.4 Å². The molecule has 0 saturated carbocycles. The standard InChI is InChI=1S/C19H21N7O2/c20-16(28)12-4-6-13(7-5-12)17-24-18(15-19(25-17)23-11-22-15)21-8-2-10-26-9-1-3-14(26)27/h4-7,11H,1-3,8-10H2,(H2,20,28)(H2,21,22,23,24,25). The normalized spacial score (nSPS) is 14.0. The van der Waals surface area contributed by atoms with Crippen LogP contribution >= 0.6 is 0 Å². The Morgan fingerprint density at radius 3 is 2.79 bits per heavy atom. The summed E-state index contributed by atoms with van der Waals surface area (Å²) >= 11 is 0. The molecule has 2 aromatic heterocycles. The lowest BCUT2D eigenvalue weighted by Gasteiger charge is -2.15.